The highest BCUT2D eigenvalue weighted by atomic mass is 16.1. The van der Waals surface area contributed by atoms with Crippen LogP contribution in [-0.2, 0) is 4.79 Å². The zero-order valence-electron chi connectivity index (χ0n) is 11.0. The molecule has 1 heterocycles. The molecular weight excluding hydrogens is 222 g/mol. The molecule has 2 unspecified atom stereocenters. The summed E-state index contributed by atoms with van der Waals surface area (Å²) in [7, 11) is 0. The van der Waals surface area contributed by atoms with Crippen LogP contribution < -0.4 is 0 Å². The second kappa shape index (κ2) is 4.85. The summed E-state index contributed by atoms with van der Waals surface area (Å²) >= 11 is 0. The summed E-state index contributed by atoms with van der Waals surface area (Å²) in [6.45, 7) is 4.34. The van der Waals surface area contributed by atoms with E-state index in [1.54, 1.807) is 0 Å². The Labute approximate surface area is 109 Å². The Balaban J connectivity index is 1.73. The minimum absolute atomic E-state index is 0.324. The van der Waals surface area contributed by atoms with Gasteiger partial charge in [-0.15, -0.1) is 0 Å². The molecule has 3 atom stereocenters. The molecule has 2 aliphatic rings. The maximum atomic E-state index is 12.0. The molecule has 2 fully saturated rings. The molecule has 0 N–H and O–H groups in total. The molecule has 1 saturated heterocycles. The number of likely N-dealkylation sites (tertiary alicyclic amines) is 1. The summed E-state index contributed by atoms with van der Waals surface area (Å²) < 4.78 is 0. The second-order valence-corrected chi connectivity index (χ2v) is 5.77. The maximum absolute atomic E-state index is 12.0. The van der Waals surface area contributed by atoms with Crippen molar-refractivity contribution in [3.8, 4) is 0 Å². The van der Waals surface area contributed by atoms with Gasteiger partial charge in [0, 0.05) is 31.5 Å². The third-order valence-corrected chi connectivity index (χ3v) is 4.71. The Kier molecular flexibility index (Phi) is 3.21. The summed E-state index contributed by atoms with van der Waals surface area (Å²) in [6, 6.07) is 11.1. The number of nitrogens with zero attached hydrogens (tertiary/aromatic N) is 1. The monoisotopic (exact) mass is 243 g/mol. The number of Topliss-reactive ketones (excluding diaryl/α,β-unsaturated/α-hetero) is 1. The molecule has 2 heteroatoms. The fourth-order valence-electron chi connectivity index (χ4n) is 3.54. The summed E-state index contributed by atoms with van der Waals surface area (Å²) in [5.41, 5.74) is 1.36. The van der Waals surface area contributed by atoms with Crippen LogP contribution in [0.4, 0.5) is 0 Å². The molecule has 18 heavy (non-hydrogen) atoms. The van der Waals surface area contributed by atoms with Gasteiger partial charge in [0.2, 0.25) is 0 Å². The smallest absolute Gasteiger partial charge is 0.137 e. The zero-order chi connectivity index (χ0) is 12.5. The molecule has 0 bridgehead atoms. The van der Waals surface area contributed by atoms with Crippen LogP contribution in [0.15, 0.2) is 30.3 Å². The van der Waals surface area contributed by atoms with Crippen molar-refractivity contribution in [2.24, 2.45) is 11.8 Å². The minimum atomic E-state index is 0.324. The van der Waals surface area contributed by atoms with Crippen molar-refractivity contribution in [2.75, 3.05) is 13.1 Å². The molecule has 1 aromatic carbocycles. The topological polar surface area (TPSA) is 20.3 Å². The molecule has 3 rings (SSSR count). The quantitative estimate of drug-likeness (QED) is 0.795. The molecular formula is C16H21NO. The number of ketones is 1. The van der Waals surface area contributed by atoms with E-state index in [9.17, 15) is 4.79 Å². The predicted octanol–water partition coefficient (Wildman–Crippen LogP) is 3.05. The second-order valence-electron chi connectivity index (χ2n) is 5.77. The molecule has 96 valence electrons. The Morgan fingerprint density at radius 3 is 2.72 bits per heavy atom. The van der Waals surface area contributed by atoms with Crippen LogP contribution >= 0.6 is 0 Å². The molecule has 1 aromatic rings. The number of rotatable bonds is 2. The van der Waals surface area contributed by atoms with E-state index in [1.165, 1.54) is 12.0 Å². The first kappa shape index (κ1) is 11.9. The fraction of sp³-hybridized carbons (Fsp3) is 0.562. The van der Waals surface area contributed by atoms with Crippen LogP contribution in [0.2, 0.25) is 0 Å². The number of benzene rings is 1. The van der Waals surface area contributed by atoms with Crippen molar-refractivity contribution < 1.29 is 4.79 Å². The van der Waals surface area contributed by atoms with Crippen molar-refractivity contribution >= 4 is 5.78 Å². The zero-order valence-corrected chi connectivity index (χ0v) is 11.0. The highest BCUT2D eigenvalue weighted by Gasteiger charge is 2.40. The normalized spacial score (nSPS) is 30.2. The lowest BCUT2D eigenvalue weighted by Gasteiger charge is -2.24. The van der Waals surface area contributed by atoms with Gasteiger partial charge >= 0.3 is 0 Å². The maximum Gasteiger partial charge on any atom is 0.137 e. The van der Waals surface area contributed by atoms with Gasteiger partial charge in [-0.25, -0.2) is 0 Å². The SMILES string of the molecule is C[C@H](c1ccccc1)N1CC2CCCC(=O)C2C1. The van der Waals surface area contributed by atoms with Gasteiger partial charge < -0.3 is 0 Å². The molecule has 0 radical (unpaired) electrons. The van der Waals surface area contributed by atoms with E-state index in [1.807, 2.05) is 0 Å². The molecule has 2 nitrogen and oxygen atoms in total. The lowest BCUT2D eigenvalue weighted by molar-refractivity contribution is -0.125. The molecule has 1 aliphatic carbocycles. The van der Waals surface area contributed by atoms with Gasteiger partial charge in [-0.1, -0.05) is 30.3 Å². The summed E-state index contributed by atoms with van der Waals surface area (Å²) in [6.07, 6.45) is 3.16. The van der Waals surface area contributed by atoms with Crippen molar-refractivity contribution in [3.63, 3.8) is 0 Å². The van der Waals surface area contributed by atoms with Crippen molar-refractivity contribution in [1.29, 1.82) is 0 Å². The average Bonchev–Trinajstić information content (AvgIpc) is 2.84. The third kappa shape index (κ3) is 2.10. The Hall–Kier alpha value is -1.15. The molecule has 0 amide bonds. The molecule has 0 aromatic heterocycles. The van der Waals surface area contributed by atoms with Crippen LogP contribution in [0, 0.1) is 11.8 Å². The first-order chi connectivity index (χ1) is 8.75. The van der Waals surface area contributed by atoms with E-state index in [4.69, 9.17) is 0 Å². The lowest BCUT2D eigenvalue weighted by atomic mass is 9.81. The average molecular weight is 243 g/mol. The van der Waals surface area contributed by atoms with Gasteiger partial charge in [0.05, 0.1) is 0 Å². The highest BCUT2D eigenvalue weighted by molar-refractivity contribution is 5.82. The summed E-state index contributed by atoms with van der Waals surface area (Å²) in [5.74, 6) is 1.45. The van der Waals surface area contributed by atoms with Gasteiger partial charge in [0.25, 0.3) is 0 Å². The van der Waals surface area contributed by atoms with Crippen molar-refractivity contribution in [3.05, 3.63) is 35.9 Å². The molecule has 0 spiro atoms. The van der Waals surface area contributed by atoms with E-state index in [0.29, 0.717) is 23.7 Å². The summed E-state index contributed by atoms with van der Waals surface area (Å²) in [4.78, 5) is 14.4. The highest BCUT2D eigenvalue weighted by Crippen LogP contribution is 2.37. The number of hydrogen-bond donors (Lipinski definition) is 0. The first-order valence-corrected chi connectivity index (χ1v) is 7.07. The third-order valence-electron chi connectivity index (χ3n) is 4.71. The first-order valence-electron chi connectivity index (χ1n) is 7.07. The van der Waals surface area contributed by atoms with Gasteiger partial charge in [0.15, 0.2) is 0 Å². The Morgan fingerprint density at radius 2 is 2.00 bits per heavy atom. The minimum Gasteiger partial charge on any atom is -0.299 e. The lowest BCUT2D eigenvalue weighted by Crippen LogP contribution is -2.27. The van der Waals surface area contributed by atoms with Crippen molar-refractivity contribution in [1.82, 2.24) is 4.90 Å². The van der Waals surface area contributed by atoms with E-state index in [-0.39, 0.29) is 0 Å². The van der Waals surface area contributed by atoms with Crippen LogP contribution in [0.3, 0.4) is 0 Å². The largest absolute Gasteiger partial charge is 0.299 e. The molecule has 1 aliphatic heterocycles. The number of carbonyl (C=O) groups excluding carboxylic acids is 1. The van der Waals surface area contributed by atoms with Crippen molar-refractivity contribution in [2.45, 2.75) is 32.2 Å². The Morgan fingerprint density at radius 1 is 1.22 bits per heavy atom. The van der Waals surface area contributed by atoms with E-state index in [2.05, 4.69) is 42.2 Å². The van der Waals surface area contributed by atoms with Crippen LogP contribution in [0.5, 0.6) is 0 Å². The van der Waals surface area contributed by atoms with Gasteiger partial charge in [-0.05, 0) is 31.2 Å². The van der Waals surface area contributed by atoms with Gasteiger partial charge in [-0.3, -0.25) is 9.69 Å². The van der Waals surface area contributed by atoms with Crippen LogP contribution in [-0.4, -0.2) is 23.8 Å². The van der Waals surface area contributed by atoms with Crippen LogP contribution in [0.25, 0.3) is 0 Å². The number of fused-ring (bicyclic) bond motifs is 1. The van der Waals surface area contributed by atoms with E-state index in [0.717, 1.165) is 25.9 Å². The molecule has 1 saturated carbocycles. The van der Waals surface area contributed by atoms with E-state index >= 15 is 0 Å². The fourth-order valence-corrected chi connectivity index (χ4v) is 3.54. The number of hydrogen-bond acceptors (Lipinski definition) is 2. The van der Waals surface area contributed by atoms with E-state index < -0.39 is 0 Å². The van der Waals surface area contributed by atoms with Gasteiger partial charge in [-0.2, -0.15) is 0 Å². The standard InChI is InChI=1S/C16H21NO/c1-12(13-6-3-2-4-7-13)17-10-14-8-5-9-16(18)15(14)11-17/h2-4,6-7,12,14-15H,5,8-11H2,1H3/t12-,14?,15?/m1/s1. The van der Waals surface area contributed by atoms with Gasteiger partial charge in [0.1, 0.15) is 5.78 Å². The predicted molar refractivity (Wildman–Crippen MR) is 72.3 cm³/mol. The number of carbonyl (C=O) groups is 1. The summed E-state index contributed by atoms with van der Waals surface area (Å²) in [5, 5.41) is 0. The Bertz CT molecular complexity index is 428. The van der Waals surface area contributed by atoms with Crippen LogP contribution in [0.1, 0.15) is 37.8 Å².